The van der Waals surface area contributed by atoms with E-state index in [-0.39, 0.29) is 22.2 Å². The fourth-order valence-electron chi connectivity index (χ4n) is 2.60. The van der Waals surface area contributed by atoms with Crippen molar-refractivity contribution in [1.82, 2.24) is 20.2 Å². The first-order valence-electron chi connectivity index (χ1n) is 8.99. The van der Waals surface area contributed by atoms with Gasteiger partial charge < -0.3 is 9.30 Å². The Labute approximate surface area is 182 Å². The zero-order valence-electron chi connectivity index (χ0n) is 16.3. The van der Waals surface area contributed by atoms with Crippen molar-refractivity contribution in [2.45, 2.75) is 18.6 Å². The number of amides is 1. The molecular formula is C20H19ClFN5O2S. The molecule has 0 saturated heterocycles. The molecule has 30 heavy (non-hydrogen) atoms. The Balaban J connectivity index is 1.62. The third-order valence-electron chi connectivity index (χ3n) is 4.10. The van der Waals surface area contributed by atoms with Crippen molar-refractivity contribution < 1.29 is 13.9 Å². The van der Waals surface area contributed by atoms with Crippen molar-refractivity contribution in [2.24, 2.45) is 5.10 Å². The molecule has 0 bridgehead atoms. The summed E-state index contributed by atoms with van der Waals surface area (Å²) >= 11 is 7.15. The maximum Gasteiger partial charge on any atom is 0.250 e. The van der Waals surface area contributed by atoms with E-state index < -0.39 is 5.82 Å². The Morgan fingerprint density at radius 2 is 2.07 bits per heavy atom. The van der Waals surface area contributed by atoms with Gasteiger partial charge in [-0.2, -0.15) is 5.10 Å². The highest BCUT2D eigenvalue weighted by atomic mass is 35.5. The lowest BCUT2D eigenvalue weighted by atomic mass is 10.2. The normalized spacial score (nSPS) is 11.1. The van der Waals surface area contributed by atoms with E-state index in [4.69, 9.17) is 16.3 Å². The highest BCUT2D eigenvalue weighted by molar-refractivity contribution is 7.99. The minimum Gasteiger partial charge on any atom is -0.497 e. The Kier molecular flexibility index (Phi) is 7.42. The summed E-state index contributed by atoms with van der Waals surface area (Å²) < 4.78 is 20.8. The number of nitrogens with zero attached hydrogens (tertiary/aromatic N) is 4. The van der Waals surface area contributed by atoms with E-state index in [1.807, 2.05) is 35.8 Å². The summed E-state index contributed by atoms with van der Waals surface area (Å²) in [5.74, 6) is 0.653. The second-order valence-corrected chi connectivity index (χ2v) is 7.35. The monoisotopic (exact) mass is 447 g/mol. The molecule has 7 nitrogen and oxygen atoms in total. The van der Waals surface area contributed by atoms with E-state index in [1.54, 1.807) is 13.2 Å². The predicted octanol–water partition coefficient (Wildman–Crippen LogP) is 4.01. The van der Waals surface area contributed by atoms with Gasteiger partial charge in [-0.15, -0.1) is 10.2 Å². The molecule has 0 aliphatic rings. The van der Waals surface area contributed by atoms with Crippen LogP contribution in [0.25, 0.3) is 11.4 Å². The number of nitrogens with one attached hydrogen (secondary N) is 1. The van der Waals surface area contributed by atoms with Crippen LogP contribution < -0.4 is 10.2 Å². The van der Waals surface area contributed by atoms with Crippen molar-refractivity contribution in [3.05, 3.63) is 58.9 Å². The predicted molar refractivity (Wildman–Crippen MR) is 116 cm³/mol. The molecule has 0 fully saturated rings. The van der Waals surface area contributed by atoms with Gasteiger partial charge in [-0.25, -0.2) is 9.82 Å². The van der Waals surface area contributed by atoms with Crippen LogP contribution in [0.4, 0.5) is 4.39 Å². The van der Waals surface area contributed by atoms with Crippen molar-refractivity contribution in [3.63, 3.8) is 0 Å². The molecule has 3 aromatic rings. The van der Waals surface area contributed by atoms with Crippen molar-refractivity contribution in [3.8, 4) is 17.1 Å². The van der Waals surface area contributed by atoms with E-state index in [1.165, 1.54) is 30.1 Å². The minimum atomic E-state index is -0.517. The van der Waals surface area contributed by atoms with Gasteiger partial charge in [-0.1, -0.05) is 29.4 Å². The number of benzene rings is 2. The zero-order chi connectivity index (χ0) is 21.5. The van der Waals surface area contributed by atoms with Gasteiger partial charge in [0.15, 0.2) is 11.0 Å². The molecule has 0 radical (unpaired) electrons. The highest BCUT2D eigenvalue weighted by Crippen LogP contribution is 2.25. The molecular weight excluding hydrogens is 429 g/mol. The lowest BCUT2D eigenvalue weighted by Crippen LogP contribution is -2.20. The SMILES string of the molecule is CCn1c(SCC(=O)NN=Cc2c(F)cccc2Cl)nnc1-c1ccc(OC)cc1. The number of hydrogen-bond acceptors (Lipinski definition) is 6. The van der Waals surface area contributed by atoms with E-state index >= 15 is 0 Å². The van der Waals surface area contributed by atoms with Gasteiger partial charge in [0.25, 0.3) is 5.91 Å². The van der Waals surface area contributed by atoms with Crippen LogP contribution in [0.2, 0.25) is 5.02 Å². The van der Waals surface area contributed by atoms with Crippen LogP contribution in [0.5, 0.6) is 5.75 Å². The highest BCUT2D eigenvalue weighted by Gasteiger charge is 2.14. The van der Waals surface area contributed by atoms with Crippen LogP contribution in [0.3, 0.4) is 0 Å². The van der Waals surface area contributed by atoms with Gasteiger partial charge in [0.05, 0.1) is 24.1 Å². The quantitative estimate of drug-likeness (QED) is 0.320. The first kappa shape index (κ1) is 21.8. The topological polar surface area (TPSA) is 81.4 Å². The van der Waals surface area contributed by atoms with Crippen LogP contribution >= 0.6 is 23.4 Å². The molecule has 1 N–H and O–H groups in total. The third-order valence-corrected chi connectivity index (χ3v) is 5.39. The molecule has 10 heteroatoms. The van der Waals surface area contributed by atoms with Gasteiger partial charge in [-0.3, -0.25) is 4.79 Å². The maximum atomic E-state index is 13.7. The number of ether oxygens (including phenoxy) is 1. The molecule has 0 saturated carbocycles. The first-order chi connectivity index (χ1) is 14.5. The molecule has 1 heterocycles. The number of methoxy groups -OCH3 is 1. The van der Waals surface area contributed by atoms with E-state index in [2.05, 4.69) is 20.7 Å². The third kappa shape index (κ3) is 5.17. The van der Waals surface area contributed by atoms with Crippen molar-refractivity contribution in [1.29, 1.82) is 0 Å². The summed E-state index contributed by atoms with van der Waals surface area (Å²) in [5, 5.41) is 13.0. The van der Waals surface area contributed by atoms with Gasteiger partial charge in [0.1, 0.15) is 11.6 Å². The maximum absolute atomic E-state index is 13.7. The van der Waals surface area contributed by atoms with Crippen LogP contribution in [0.1, 0.15) is 12.5 Å². The molecule has 156 valence electrons. The number of halogens is 2. The molecule has 0 spiro atoms. The van der Waals surface area contributed by atoms with E-state index in [0.717, 1.165) is 11.3 Å². The molecule has 1 aromatic heterocycles. The molecule has 0 aliphatic heterocycles. The van der Waals surface area contributed by atoms with Crippen LogP contribution in [0.15, 0.2) is 52.7 Å². The van der Waals surface area contributed by atoms with Crippen molar-refractivity contribution in [2.75, 3.05) is 12.9 Å². The number of hydrazone groups is 1. The van der Waals surface area contributed by atoms with Gasteiger partial charge in [0.2, 0.25) is 0 Å². The second-order valence-electron chi connectivity index (χ2n) is 6.00. The molecule has 3 rings (SSSR count). The van der Waals surface area contributed by atoms with Gasteiger partial charge in [-0.05, 0) is 43.3 Å². The molecule has 0 unspecified atom stereocenters. The number of carbonyl (C=O) groups is 1. The van der Waals surface area contributed by atoms with E-state index in [0.29, 0.717) is 17.5 Å². The van der Waals surface area contributed by atoms with Crippen LogP contribution in [0, 0.1) is 5.82 Å². The molecule has 2 aromatic carbocycles. The standard InChI is InChI=1S/C20H19ClFN5O2S/c1-3-27-19(13-7-9-14(29-2)10-8-13)25-26-20(27)30-12-18(28)24-23-11-15-16(21)5-4-6-17(15)22/h4-11H,3,12H2,1-2H3,(H,24,28). The Hall–Kier alpha value is -2.91. The zero-order valence-corrected chi connectivity index (χ0v) is 17.9. The molecule has 0 aliphatic carbocycles. The van der Waals surface area contributed by atoms with Crippen LogP contribution in [-0.2, 0) is 11.3 Å². The fraction of sp³-hybridized carbons (Fsp3) is 0.200. The largest absolute Gasteiger partial charge is 0.497 e. The number of thioether (sulfide) groups is 1. The summed E-state index contributed by atoms with van der Waals surface area (Å²) in [5.41, 5.74) is 3.37. The smallest absolute Gasteiger partial charge is 0.250 e. The second kappa shape index (κ2) is 10.2. The summed E-state index contributed by atoms with van der Waals surface area (Å²) in [6, 6.07) is 11.8. The fourth-order valence-corrected chi connectivity index (χ4v) is 3.61. The lowest BCUT2D eigenvalue weighted by molar-refractivity contribution is -0.118. The van der Waals surface area contributed by atoms with Crippen LogP contribution in [-0.4, -0.2) is 39.7 Å². The van der Waals surface area contributed by atoms with Gasteiger partial charge in [0, 0.05) is 17.7 Å². The summed E-state index contributed by atoms with van der Waals surface area (Å²) in [7, 11) is 1.61. The number of carbonyl (C=O) groups excluding carboxylic acids is 1. The average molecular weight is 448 g/mol. The van der Waals surface area contributed by atoms with E-state index in [9.17, 15) is 9.18 Å². The Bertz CT molecular complexity index is 1040. The molecule has 0 atom stereocenters. The number of hydrogen-bond donors (Lipinski definition) is 1. The Morgan fingerprint density at radius 1 is 1.30 bits per heavy atom. The summed E-state index contributed by atoms with van der Waals surface area (Å²) in [4.78, 5) is 12.1. The number of aromatic nitrogens is 3. The first-order valence-corrected chi connectivity index (χ1v) is 10.4. The van der Waals surface area contributed by atoms with Gasteiger partial charge >= 0.3 is 0 Å². The van der Waals surface area contributed by atoms with Crippen molar-refractivity contribution >= 4 is 35.5 Å². The molecule has 1 amide bonds. The minimum absolute atomic E-state index is 0.0725. The Morgan fingerprint density at radius 3 is 2.73 bits per heavy atom. The lowest BCUT2D eigenvalue weighted by Gasteiger charge is -2.07. The summed E-state index contributed by atoms with van der Waals surface area (Å²) in [6.07, 6.45) is 1.18. The summed E-state index contributed by atoms with van der Waals surface area (Å²) in [6.45, 7) is 2.62. The number of rotatable bonds is 8. The average Bonchev–Trinajstić information content (AvgIpc) is 3.17.